The second-order valence-electron chi connectivity index (χ2n) is 8.26. The van der Waals surface area contributed by atoms with Crippen molar-refractivity contribution in [1.29, 1.82) is 0 Å². The van der Waals surface area contributed by atoms with Crippen LogP contribution in [0.1, 0.15) is 65.7 Å². The molecule has 1 heterocycles. The molecule has 4 fully saturated rings. The van der Waals surface area contributed by atoms with Gasteiger partial charge >= 0.3 is 0 Å². The number of hydrogen-bond acceptors (Lipinski definition) is 2. The average Bonchev–Trinajstić information content (AvgIpc) is 2.99. The molecule has 0 aromatic carbocycles. The van der Waals surface area contributed by atoms with E-state index < -0.39 is 0 Å². The minimum Gasteiger partial charge on any atom is -0.350 e. The van der Waals surface area contributed by atoms with Crippen LogP contribution in [-0.2, 0) is 9.47 Å². The van der Waals surface area contributed by atoms with Crippen molar-refractivity contribution in [1.82, 2.24) is 0 Å². The molecule has 0 amide bonds. The normalized spacial score (nSPS) is 54.8. The van der Waals surface area contributed by atoms with Gasteiger partial charge in [0.15, 0.2) is 5.79 Å². The molecule has 0 aromatic heterocycles. The van der Waals surface area contributed by atoms with Crippen LogP contribution in [0.25, 0.3) is 0 Å². The van der Waals surface area contributed by atoms with E-state index in [4.69, 9.17) is 9.47 Å². The standard InChI is InChI=1S/C17H28O2/c1-15(2)13-6-9-16(15,3)14(11-13)19-17-8-4-5-12(17)7-10-18-17/h12-14H,4-11H2,1-3H3/t12-,13?,14+,16-,17+/m0/s1. The maximum atomic E-state index is 6.73. The largest absolute Gasteiger partial charge is 0.350 e. The molecule has 0 aromatic rings. The molecule has 5 atom stereocenters. The van der Waals surface area contributed by atoms with Crippen molar-refractivity contribution in [2.24, 2.45) is 22.7 Å². The van der Waals surface area contributed by atoms with Gasteiger partial charge < -0.3 is 9.47 Å². The Kier molecular flexibility index (Phi) is 2.50. The summed E-state index contributed by atoms with van der Waals surface area (Å²) >= 11 is 0. The third kappa shape index (κ3) is 1.45. The van der Waals surface area contributed by atoms with Crippen LogP contribution in [-0.4, -0.2) is 18.5 Å². The summed E-state index contributed by atoms with van der Waals surface area (Å²) in [6.07, 6.45) is 9.40. The molecule has 0 N–H and O–H groups in total. The van der Waals surface area contributed by atoms with E-state index in [0.717, 1.165) is 18.9 Å². The molecule has 2 heteroatoms. The lowest BCUT2D eigenvalue weighted by Crippen LogP contribution is -2.45. The Hall–Kier alpha value is -0.0800. The lowest BCUT2D eigenvalue weighted by Gasteiger charge is -2.43. The van der Waals surface area contributed by atoms with Gasteiger partial charge in [-0.05, 0) is 55.3 Å². The molecular weight excluding hydrogens is 236 g/mol. The molecule has 1 unspecified atom stereocenters. The summed E-state index contributed by atoms with van der Waals surface area (Å²) in [5.41, 5.74) is 0.812. The highest BCUT2D eigenvalue weighted by Gasteiger charge is 2.64. The van der Waals surface area contributed by atoms with Crippen LogP contribution >= 0.6 is 0 Å². The summed E-state index contributed by atoms with van der Waals surface area (Å²) in [7, 11) is 0. The van der Waals surface area contributed by atoms with E-state index in [1.165, 1.54) is 38.5 Å². The Morgan fingerprint density at radius 2 is 1.84 bits per heavy atom. The molecule has 1 aliphatic heterocycles. The first kappa shape index (κ1) is 12.6. The predicted molar refractivity (Wildman–Crippen MR) is 74.7 cm³/mol. The zero-order chi connectivity index (χ0) is 13.3. The first-order valence-electron chi connectivity index (χ1n) is 8.30. The van der Waals surface area contributed by atoms with Crippen LogP contribution < -0.4 is 0 Å². The third-order valence-corrected chi connectivity index (χ3v) is 7.57. The van der Waals surface area contributed by atoms with E-state index in [1.807, 2.05) is 0 Å². The highest BCUT2D eigenvalue weighted by atomic mass is 16.7. The fourth-order valence-electron chi connectivity index (χ4n) is 5.69. The summed E-state index contributed by atoms with van der Waals surface area (Å²) in [5, 5.41) is 0. The molecule has 0 spiro atoms. The van der Waals surface area contributed by atoms with Crippen molar-refractivity contribution in [2.45, 2.75) is 77.6 Å². The van der Waals surface area contributed by atoms with Crippen molar-refractivity contribution in [3.05, 3.63) is 0 Å². The molecule has 2 bridgehead atoms. The van der Waals surface area contributed by atoms with Gasteiger partial charge in [0.25, 0.3) is 0 Å². The van der Waals surface area contributed by atoms with Crippen molar-refractivity contribution in [3.8, 4) is 0 Å². The summed E-state index contributed by atoms with van der Waals surface area (Å²) in [6.45, 7) is 8.32. The molecule has 4 aliphatic rings. The second kappa shape index (κ2) is 3.76. The predicted octanol–water partition coefficient (Wildman–Crippen LogP) is 4.13. The summed E-state index contributed by atoms with van der Waals surface area (Å²) < 4.78 is 12.9. The first-order chi connectivity index (χ1) is 8.98. The summed E-state index contributed by atoms with van der Waals surface area (Å²) in [5.74, 6) is 1.35. The molecule has 108 valence electrons. The van der Waals surface area contributed by atoms with E-state index in [1.54, 1.807) is 0 Å². The SMILES string of the molecule is CC1(C)C2CC[C@@]1(C)[C@H](O[C@]13CCC[C@H]1CCO3)C2. The lowest BCUT2D eigenvalue weighted by molar-refractivity contribution is -0.265. The van der Waals surface area contributed by atoms with E-state index in [9.17, 15) is 0 Å². The van der Waals surface area contributed by atoms with E-state index in [0.29, 0.717) is 22.9 Å². The average molecular weight is 264 g/mol. The van der Waals surface area contributed by atoms with Crippen LogP contribution in [0, 0.1) is 22.7 Å². The fourth-order valence-corrected chi connectivity index (χ4v) is 5.69. The Balaban J connectivity index is 1.59. The first-order valence-corrected chi connectivity index (χ1v) is 8.30. The Morgan fingerprint density at radius 3 is 2.53 bits per heavy atom. The Bertz CT molecular complexity index is 379. The zero-order valence-electron chi connectivity index (χ0n) is 12.7. The third-order valence-electron chi connectivity index (χ3n) is 7.57. The molecule has 0 radical (unpaired) electrons. The van der Waals surface area contributed by atoms with Crippen LogP contribution in [0.3, 0.4) is 0 Å². The number of rotatable bonds is 2. The number of ether oxygens (including phenoxy) is 2. The van der Waals surface area contributed by atoms with Crippen molar-refractivity contribution >= 4 is 0 Å². The van der Waals surface area contributed by atoms with Gasteiger partial charge in [-0.1, -0.05) is 20.8 Å². The van der Waals surface area contributed by atoms with Gasteiger partial charge in [0.05, 0.1) is 12.7 Å². The topological polar surface area (TPSA) is 18.5 Å². The van der Waals surface area contributed by atoms with Crippen LogP contribution in [0.4, 0.5) is 0 Å². The smallest absolute Gasteiger partial charge is 0.171 e. The van der Waals surface area contributed by atoms with E-state index in [2.05, 4.69) is 20.8 Å². The maximum absolute atomic E-state index is 6.73. The van der Waals surface area contributed by atoms with E-state index in [-0.39, 0.29) is 5.79 Å². The molecule has 2 nitrogen and oxygen atoms in total. The van der Waals surface area contributed by atoms with Crippen molar-refractivity contribution in [2.75, 3.05) is 6.61 Å². The van der Waals surface area contributed by atoms with E-state index >= 15 is 0 Å². The van der Waals surface area contributed by atoms with Gasteiger partial charge in [-0.15, -0.1) is 0 Å². The second-order valence-corrected chi connectivity index (χ2v) is 8.26. The highest BCUT2D eigenvalue weighted by molar-refractivity contribution is 5.12. The van der Waals surface area contributed by atoms with Crippen LogP contribution in [0.15, 0.2) is 0 Å². The quantitative estimate of drug-likeness (QED) is 0.746. The monoisotopic (exact) mass is 264 g/mol. The highest BCUT2D eigenvalue weighted by Crippen LogP contribution is 2.67. The van der Waals surface area contributed by atoms with Crippen molar-refractivity contribution < 1.29 is 9.47 Å². The van der Waals surface area contributed by atoms with Gasteiger partial charge in [-0.25, -0.2) is 0 Å². The zero-order valence-corrected chi connectivity index (χ0v) is 12.7. The molecule has 3 aliphatic carbocycles. The summed E-state index contributed by atoms with van der Waals surface area (Å²) in [4.78, 5) is 0. The van der Waals surface area contributed by atoms with Crippen LogP contribution in [0.5, 0.6) is 0 Å². The van der Waals surface area contributed by atoms with Gasteiger partial charge in [0.2, 0.25) is 0 Å². The van der Waals surface area contributed by atoms with Crippen molar-refractivity contribution in [3.63, 3.8) is 0 Å². The molecular formula is C17H28O2. The van der Waals surface area contributed by atoms with Gasteiger partial charge in [-0.2, -0.15) is 0 Å². The molecule has 19 heavy (non-hydrogen) atoms. The number of fused-ring (bicyclic) bond motifs is 3. The Labute approximate surface area is 117 Å². The fraction of sp³-hybridized carbons (Fsp3) is 1.00. The number of hydrogen-bond donors (Lipinski definition) is 0. The molecule has 4 rings (SSSR count). The maximum Gasteiger partial charge on any atom is 0.171 e. The van der Waals surface area contributed by atoms with Gasteiger partial charge in [-0.3, -0.25) is 0 Å². The minimum atomic E-state index is -0.186. The minimum absolute atomic E-state index is 0.186. The van der Waals surface area contributed by atoms with Crippen LogP contribution in [0.2, 0.25) is 0 Å². The molecule has 3 saturated carbocycles. The lowest BCUT2D eigenvalue weighted by atomic mass is 9.70. The Morgan fingerprint density at radius 1 is 1.00 bits per heavy atom. The van der Waals surface area contributed by atoms with Gasteiger partial charge in [0.1, 0.15) is 0 Å². The molecule has 1 saturated heterocycles. The van der Waals surface area contributed by atoms with Gasteiger partial charge in [0, 0.05) is 12.3 Å². The summed E-state index contributed by atoms with van der Waals surface area (Å²) in [6, 6.07) is 0.